The number of esters is 1. The van der Waals surface area contributed by atoms with Crippen LogP contribution in [0.25, 0.3) is 0 Å². The largest absolute Gasteiger partial charge is 0.422 e. The van der Waals surface area contributed by atoms with Gasteiger partial charge in [0.15, 0.2) is 5.69 Å². The van der Waals surface area contributed by atoms with E-state index in [1.807, 2.05) is 0 Å². The van der Waals surface area contributed by atoms with Gasteiger partial charge in [-0.2, -0.15) is 5.10 Å². The quantitative estimate of drug-likeness (QED) is 0.642. The molecule has 0 spiro atoms. The second-order valence-corrected chi connectivity index (χ2v) is 6.90. The van der Waals surface area contributed by atoms with E-state index in [0.717, 1.165) is 37.2 Å². The van der Waals surface area contributed by atoms with Crippen molar-refractivity contribution in [2.75, 3.05) is 11.4 Å². The summed E-state index contributed by atoms with van der Waals surface area (Å²) in [6.45, 7) is 0.738. The van der Waals surface area contributed by atoms with Crippen molar-refractivity contribution in [1.29, 1.82) is 0 Å². The Balaban J connectivity index is 1.47. The van der Waals surface area contributed by atoms with E-state index >= 15 is 0 Å². The Morgan fingerprint density at radius 3 is 2.67 bits per heavy atom. The molecule has 0 unspecified atom stereocenters. The number of nitrogens with one attached hydrogen (secondary N) is 1. The highest BCUT2D eigenvalue weighted by Gasteiger charge is 2.31. The number of rotatable bonds is 4. The molecule has 2 aliphatic rings. The third kappa shape index (κ3) is 2.84. The van der Waals surface area contributed by atoms with E-state index in [0.29, 0.717) is 22.6 Å². The number of hydrogen-bond acceptors (Lipinski definition) is 4. The molecule has 4 rings (SSSR count). The molecule has 1 aliphatic heterocycles. The van der Waals surface area contributed by atoms with Gasteiger partial charge in [0.2, 0.25) is 5.91 Å². The van der Waals surface area contributed by atoms with Crippen LogP contribution in [0.15, 0.2) is 28.7 Å². The van der Waals surface area contributed by atoms with E-state index in [2.05, 4.69) is 26.1 Å². The number of aromatic nitrogens is 2. The zero-order chi connectivity index (χ0) is 16.7. The number of aromatic amines is 1. The van der Waals surface area contributed by atoms with Gasteiger partial charge in [-0.1, -0.05) is 0 Å². The van der Waals surface area contributed by atoms with E-state index in [9.17, 15) is 9.59 Å². The Morgan fingerprint density at radius 2 is 2.04 bits per heavy atom. The Labute approximate surface area is 147 Å². The maximum Gasteiger partial charge on any atom is 0.365 e. The minimum atomic E-state index is -0.505. The zero-order valence-corrected chi connectivity index (χ0v) is 14.5. The van der Waals surface area contributed by atoms with Crippen LogP contribution in [0.1, 0.15) is 47.8 Å². The maximum absolute atomic E-state index is 12.3. The van der Waals surface area contributed by atoms with Gasteiger partial charge in [0, 0.05) is 24.6 Å². The number of amides is 1. The fourth-order valence-electron chi connectivity index (χ4n) is 2.89. The lowest BCUT2D eigenvalue weighted by Gasteiger charge is -2.15. The van der Waals surface area contributed by atoms with Crippen molar-refractivity contribution in [3.63, 3.8) is 0 Å². The van der Waals surface area contributed by atoms with Crippen molar-refractivity contribution in [3.05, 3.63) is 40.1 Å². The number of H-pyrrole nitrogens is 1. The van der Waals surface area contributed by atoms with E-state index in [4.69, 9.17) is 4.74 Å². The van der Waals surface area contributed by atoms with Gasteiger partial charge < -0.3 is 9.64 Å². The Kier molecular flexibility index (Phi) is 3.88. The van der Waals surface area contributed by atoms with Crippen LogP contribution in [-0.2, 0) is 4.79 Å². The summed E-state index contributed by atoms with van der Waals surface area (Å²) in [4.78, 5) is 25.8. The molecule has 0 bridgehead atoms. The summed E-state index contributed by atoms with van der Waals surface area (Å²) >= 11 is 3.43. The Bertz CT molecular complexity index is 796. The lowest BCUT2D eigenvalue weighted by Crippen LogP contribution is -2.23. The van der Waals surface area contributed by atoms with Crippen LogP contribution >= 0.6 is 15.9 Å². The molecule has 2 aromatic rings. The molecule has 0 radical (unpaired) electrons. The number of benzene rings is 1. The minimum absolute atomic E-state index is 0.132. The summed E-state index contributed by atoms with van der Waals surface area (Å²) in [5.74, 6) is 0.520. The zero-order valence-electron chi connectivity index (χ0n) is 12.9. The van der Waals surface area contributed by atoms with Gasteiger partial charge in [-0.3, -0.25) is 9.89 Å². The van der Waals surface area contributed by atoms with E-state index < -0.39 is 5.97 Å². The van der Waals surface area contributed by atoms with Gasteiger partial charge >= 0.3 is 5.97 Å². The van der Waals surface area contributed by atoms with Gasteiger partial charge in [-0.25, -0.2) is 4.79 Å². The van der Waals surface area contributed by atoms with E-state index in [-0.39, 0.29) is 11.6 Å². The third-order valence-corrected chi connectivity index (χ3v) is 5.15. The molecule has 1 aromatic heterocycles. The van der Waals surface area contributed by atoms with Gasteiger partial charge in [-0.15, -0.1) is 0 Å². The standard InChI is InChI=1S/C17H16BrN3O3/c18-14-15(10-3-4-10)19-20-16(14)17(23)24-12-7-5-11(6-8-12)21-9-1-2-13(21)22/h5-8,10H,1-4,9H2,(H,19,20). The van der Waals surface area contributed by atoms with Crippen LogP contribution in [0.4, 0.5) is 5.69 Å². The summed E-state index contributed by atoms with van der Waals surface area (Å²) in [5.41, 5.74) is 2.05. The van der Waals surface area contributed by atoms with Crippen molar-refractivity contribution >= 4 is 33.5 Å². The number of nitrogens with zero attached hydrogens (tertiary/aromatic N) is 2. The Morgan fingerprint density at radius 1 is 1.29 bits per heavy atom. The molecule has 1 saturated heterocycles. The molecule has 2 fully saturated rings. The second kappa shape index (κ2) is 6.05. The third-order valence-electron chi connectivity index (χ3n) is 4.34. The van der Waals surface area contributed by atoms with Crippen molar-refractivity contribution in [3.8, 4) is 5.75 Å². The van der Waals surface area contributed by atoms with Crippen molar-refractivity contribution in [2.24, 2.45) is 0 Å². The van der Waals surface area contributed by atoms with Gasteiger partial charge in [0.25, 0.3) is 0 Å². The molecule has 1 aliphatic carbocycles. The molecule has 124 valence electrons. The van der Waals surface area contributed by atoms with Crippen LogP contribution in [0.2, 0.25) is 0 Å². The summed E-state index contributed by atoms with van der Waals surface area (Å²) in [6.07, 6.45) is 3.71. The molecule has 2 heterocycles. The average Bonchev–Trinajstić information content (AvgIpc) is 3.21. The van der Waals surface area contributed by atoms with Crippen LogP contribution in [0.5, 0.6) is 5.75 Å². The SMILES string of the molecule is O=C(Oc1ccc(N2CCCC2=O)cc1)c1n[nH]c(C2CC2)c1Br. The van der Waals surface area contributed by atoms with Crippen LogP contribution < -0.4 is 9.64 Å². The van der Waals surface area contributed by atoms with Crippen LogP contribution in [0, 0.1) is 0 Å². The van der Waals surface area contributed by atoms with Crippen LogP contribution in [-0.4, -0.2) is 28.6 Å². The van der Waals surface area contributed by atoms with Gasteiger partial charge in [0.05, 0.1) is 10.2 Å². The number of hydrogen-bond donors (Lipinski definition) is 1. The Hall–Kier alpha value is -2.15. The fourth-order valence-corrected chi connectivity index (χ4v) is 3.55. The summed E-state index contributed by atoms with van der Waals surface area (Å²) in [7, 11) is 0. The molecule has 1 saturated carbocycles. The van der Waals surface area contributed by atoms with E-state index in [1.54, 1.807) is 29.2 Å². The number of carbonyl (C=O) groups excluding carboxylic acids is 2. The lowest BCUT2D eigenvalue weighted by atomic mass is 10.2. The first-order valence-electron chi connectivity index (χ1n) is 8.00. The normalized spacial score (nSPS) is 17.4. The average molecular weight is 390 g/mol. The smallest absolute Gasteiger partial charge is 0.365 e. The number of halogens is 1. The first kappa shape index (κ1) is 15.4. The first-order valence-corrected chi connectivity index (χ1v) is 8.79. The first-order chi connectivity index (χ1) is 11.6. The van der Waals surface area contributed by atoms with Crippen LogP contribution in [0.3, 0.4) is 0 Å². The molecule has 0 atom stereocenters. The highest BCUT2D eigenvalue weighted by atomic mass is 79.9. The number of anilines is 1. The minimum Gasteiger partial charge on any atom is -0.422 e. The highest BCUT2D eigenvalue weighted by molar-refractivity contribution is 9.10. The predicted molar refractivity (Wildman–Crippen MR) is 91.3 cm³/mol. The number of carbonyl (C=O) groups is 2. The number of ether oxygens (including phenoxy) is 1. The molecule has 1 N–H and O–H groups in total. The monoisotopic (exact) mass is 389 g/mol. The molecule has 7 heteroatoms. The molecule has 1 aromatic carbocycles. The molecule has 1 amide bonds. The molecule has 6 nitrogen and oxygen atoms in total. The highest BCUT2D eigenvalue weighted by Crippen LogP contribution is 2.43. The maximum atomic E-state index is 12.3. The van der Waals surface area contributed by atoms with Crippen molar-refractivity contribution in [1.82, 2.24) is 10.2 Å². The fraction of sp³-hybridized carbons (Fsp3) is 0.353. The summed E-state index contributed by atoms with van der Waals surface area (Å²) < 4.78 is 6.07. The molecular formula is C17H16BrN3O3. The second-order valence-electron chi connectivity index (χ2n) is 6.11. The van der Waals surface area contributed by atoms with Gasteiger partial charge in [0.1, 0.15) is 5.75 Å². The summed E-state index contributed by atoms with van der Waals surface area (Å²) in [6, 6.07) is 6.98. The summed E-state index contributed by atoms with van der Waals surface area (Å²) in [5, 5.41) is 6.98. The van der Waals surface area contributed by atoms with E-state index in [1.165, 1.54) is 0 Å². The van der Waals surface area contributed by atoms with Crippen molar-refractivity contribution < 1.29 is 14.3 Å². The molecular weight excluding hydrogens is 374 g/mol. The topological polar surface area (TPSA) is 75.3 Å². The lowest BCUT2D eigenvalue weighted by molar-refractivity contribution is -0.117. The predicted octanol–water partition coefficient (Wildman–Crippen LogP) is 3.40. The van der Waals surface area contributed by atoms with Crippen molar-refractivity contribution in [2.45, 2.75) is 31.6 Å². The van der Waals surface area contributed by atoms with Gasteiger partial charge in [-0.05, 0) is 59.5 Å². The molecule has 24 heavy (non-hydrogen) atoms.